The lowest BCUT2D eigenvalue weighted by Gasteiger charge is -2.19. The molecule has 1 saturated heterocycles. The van der Waals surface area contributed by atoms with E-state index in [-0.39, 0.29) is 27.4 Å². The SMILES string of the molecule is CN(C)S(=O)(=O)c1ccc(Cl)c(C(=O)N2CCC(Nc3ccccc3)C2)c1. The summed E-state index contributed by atoms with van der Waals surface area (Å²) in [6.45, 7) is 1.12. The quantitative estimate of drug-likeness (QED) is 0.827. The van der Waals surface area contributed by atoms with Gasteiger partial charge < -0.3 is 10.2 Å². The van der Waals surface area contributed by atoms with E-state index in [1.165, 1.54) is 32.3 Å². The van der Waals surface area contributed by atoms with E-state index in [0.29, 0.717) is 13.1 Å². The molecule has 0 aliphatic carbocycles. The molecule has 0 saturated carbocycles. The molecule has 8 heteroatoms. The van der Waals surface area contributed by atoms with Crippen LogP contribution in [0.2, 0.25) is 5.02 Å². The zero-order valence-electron chi connectivity index (χ0n) is 15.2. The van der Waals surface area contributed by atoms with E-state index >= 15 is 0 Å². The third-order valence-electron chi connectivity index (χ3n) is 4.57. The van der Waals surface area contributed by atoms with E-state index in [1.807, 2.05) is 30.3 Å². The predicted octanol–water partition coefficient (Wildman–Crippen LogP) is 2.92. The number of carbonyl (C=O) groups is 1. The van der Waals surface area contributed by atoms with Gasteiger partial charge in [-0.15, -0.1) is 0 Å². The van der Waals surface area contributed by atoms with Crippen LogP contribution in [0.3, 0.4) is 0 Å². The van der Waals surface area contributed by atoms with E-state index < -0.39 is 10.0 Å². The molecule has 1 fully saturated rings. The van der Waals surface area contributed by atoms with Gasteiger partial charge in [0.15, 0.2) is 0 Å². The zero-order valence-corrected chi connectivity index (χ0v) is 16.8. The number of benzene rings is 2. The van der Waals surface area contributed by atoms with Crippen LogP contribution >= 0.6 is 11.6 Å². The summed E-state index contributed by atoms with van der Waals surface area (Å²) >= 11 is 6.19. The highest BCUT2D eigenvalue weighted by atomic mass is 35.5. The number of hydrogen-bond acceptors (Lipinski definition) is 4. The maximum absolute atomic E-state index is 12.9. The molecule has 0 aromatic heterocycles. The van der Waals surface area contributed by atoms with Crippen LogP contribution in [0.1, 0.15) is 16.8 Å². The molecule has 27 heavy (non-hydrogen) atoms. The molecule has 2 aromatic carbocycles. The summed E-state index contributed by atoms with van der Waals surface area (Å²) in [5.74, 6) is -0.256. The molecule has 1 amide bonds. The molecule has 1 heterocycles. The lowest BCUT2D eigenvalue weighted by atomic mass is 10.2. The van der Waals surface area contributed by atoms with Crippen LogP contribution in [-0.4, -0.2) is 56.8 Å². The Morgan fingerprint density at radius 2 is 1.89 bits per heavy atom. The van der Waals surface area contributed by atoms with E-state index in [9.17, 15) is 13.2 Å². The average Bonchev–Trinajstić information content (AvgIpc) is 3.10. The third kappa shape index (κ3) is 4.26. The average molecular weight is 408 g/mol. The highest BCUT2D eigenvalue weighted by Gasteiger charge is 2.29. The van der Waals surface area contributed by atoms with Gasteiger partial charge in [-0.25, -0.2) is 12.7 Å². The normalized spacial score (nSPS) is 17.3. The van der Waals surface area contributed by atoms with E-state index in [1.54, 1.807) is 4.90 Å². The fraction of sp³-hybridized carbons (Fsp3) is 0.316. The second-order valence-electron chi connectivity index (χ2n) is 6.68. The first-order valence-electron chi connectivity index (χ1n) is 8.62. The first kappa shape index (κ1) is 19.7. The Morgan fingerprint density at radius 3 is 2.56 bits per heavy atom. The molecule has 1 aliphatic heterocycles. The largest absolute Gasteiger partial charge is 0.380 e. The van der Waals surface area contributed by atoms with Crippen molar-refractivity contribution in [3.63, 3.8) is 0 Å². The van der Waals surface area contributed by atoms with Crippen molar-refractivity contribution in [3.05, 3.63) is 59.1 Å². The molecule has 0 radical (unpaired) electrons. The molecule has 1 N–H and O–H groups in total. The number of likely N-dealkylation sites (tertiary alicyclic amines) is 1. The monoisotopic (exact) mass is 407 g/mol. The molecular formula is C19H22ClN3O3S. The van der Waals surface area contributed by atoms with Crippen LogP contribution in [0, 0.1) is 0 Å². The standard InChI is InChI=1S/C19H22ClN3O3S/c1-22(2)27(25,26)16-8-9-18(20)17(12-16)19(24)23-11-10-15(13-23)21-14-6-4-3-5-7-14/h3-9,12,15,21H,10-11,13H2,1-2H3. The zero-order chi connectivity index (χ0) is 19.6. The van der Waals surface area contributed by atoms with Gasteiger partial charge in [-0.05, 0) is 36.8 Å². The molecule has 0 bridgehead atoms. The van der Waals surface area contributed by atoms with Crippen molar-refractivity contribution in [2.75, 3.05) is 32.5 Å². The Hall–Kier alpha value is -2.09. The molecule has 144 valence electrons. The number of sulfonamides is 1. The molecule has 3 rings (SSSR count). The summed E-state index contributed by atoms with van der Waals surface area (Å²) in [5, 5.41) is 3.66. The van der Waals surface area contributed by atoms with Crippen LogP contribution in [0.5, 0.6) is 0 Å². The Labute approximate surface area is 164 Å². The Morgan fingerprint density at radius 1 is 1.19 bits per heavy atom. The highest BCUT2D eigenvalue weighted by Crippen LogP contribution is 2.25. The van der Waals surface area contributed by atoms with Crippen LogP contribution in [-0.2, 0) is 10.0 Å². The first-order chi connectivity index (χ1) is 12.8. The van der Waals surface area contributed by atoms with Gasteiger partial charge in [-0.2, -0.15) is 0 Å². The van der Waals surface area contributed by atoms with Crippen molar-refractivity contribution in [2.45, 2.75) is 17.4 Å². The van der Waals surface area contributed by atoms with Gasteiger partial charge in [0, 0.05) is 38.9 Å². The van der Waals surface area contributed by atoms with Gasteiger partial charge in [-0.1, -0.05) is 29.8 Å². The van der Waals surface area contributed by atoms with Crippen molar-refractivity contribution in [3.8, 4) is 0 Å². The first-order valence-corrected chi connectivity index (χ1v) is 10.4. The maximum Gasteiger partial charge on any atom is 0.255 e. The molecule has 6 nitrogen and oxygen atoms in total. The number of nitrogens with zero attached hydrogens (tertiary/aromatic N) is 2. The summed E-state index contributed by atoms with van der Waals surface area (Å²) in [5.41, 5.74) is 1.22. The molecular weight excluding hydrogens is 386 g/mol. The van der Waals surface area contributed by atoms with Crippen molar-refractivity contribution in [2.24, 2.45) is 0 Å². The molecule has 1 unspecified atom stereocenters. The van der Waals surface area contributed by atoms with Gasteiger partial charge in [0.05, 0.1) is 15.5 Å². The third-order valence-corrected chi connectivity index (χ3v) is 6.71. The fourth-order valence-corrected chi connectivity index (χ4v) is 4.17. The number of carbonyl (C=O) groups excluding carboxylic acids is 1. The van der Waals surface area contributed by atoms with Gasteiger partial charge >= 0.3 is 0 Å². The summed E-state index contributed by atoms with van der Waals surface area (Å²) < 4.78 is 25.8. The number of hydrogen-bond donors (Lipinski definition) is 1. The van der Waals surface area contributed by atoms with E-state index in [4.69, 9.17) is 11.6 Å². The summed E-state index contributed by atoms with van der Waals surface area (Å²) in [6, 6.07) is 14.2. The molecule has 1 aliphatic rings. The number of halogens is 1. The van der Waals surface area contributed by atoms with Crippen LogP contribution < -0.4 is 5.32 Å². The molecule has 1 atom stereocenters. The smallest absolute Gasteiger partial charge is 0.255 e. The predicted molar refractivity (Wildman–Crippen MR) is 107 cm³/mol. The van der Waals surface area contributed by atoms with Crippen LogP contribution in [0.4, 0.5) is 5.69 Å². The second-order valence-corrected chi connectivity index (χ2v) is 9.24. The van der Waals surface area contributed by atoms with Gasteiger partial charge in [-0.3, -0.25) is 4.79 Å². The van der Waals surface area contributed by atoms with Gasteiger partial charge in [0.2, 0.25) is 10.0 Å². The topological polar surface area (TPSA) is 69.7 Å². The van der Waals surface area contributed by atoms with Crippen molar-refractivity contribution >= 4 is 33.2 Å². The van der Waals surface area contributed by atoms with Crippen molar-refractivity contribution < 1.29 is 13.2 Å². The van der Waals surface area contributed by atoms with E-state index in [0.717, 1.165) is 16.4 Å². The second kappa shape index (κ2) is 7.88. The number of anilines is 1. The summed E-state index contributed by atoms with van der Waals surface area (Å²) in [7, 11) is -0.733. The number of nitrogens with one attached hydrogen (secondary N) is 1. The van der Waals surface area contributed by atoms with Crippen LogP contribution in [0.15, 0.2) is 53.4 Å². The Kier molecular flexibility index (Phi) is 5.74. The minimum absolute atomic E-state index is 0.0541. The van der Waals surface area contributed by atoms with Crippen molar-refractivity contribution in [1.82, 2.24) is 9.21 Å². The van der Waals surface area contributed by atoms with Gasteiger partial charge in [0.1, 0.15) is 0 Å². The summed E-state index contributed by atoms with van der Waals surface area (Å²) in [6.07, 6.45) is 0.813. The van der Waals surface area contributed by atoms with E-state index in [2.05, 4.69) is 5.32 Å². The fourth-order valence-electron chi connectivity index (χ4n) is 3.04. The van der Waals surface area contributed by atoms with Crippen LogP contribution in [0.25, 0.3) is 0 Å². The lowest BCUT2D eigenvalue weighted by Crippen LogP contribution is -2.32. The highest BCUT2D eigenvalue weighted by molar-refractivity contribution is 7.89. The van der Waals surface area contributed by atoms with Gasteiger partial charge in [0.25, 0.3) is 5.91 Å². The molecule has 0 spiro atoms. The minimum atomic E-state index is -3.63. The Bertz CT molecular complexity index is 932. The summed E-state index contributed by atoms with van der Waals surface area (Å²) in [4.78, 5) is 14.7. The lowest BCUT2D eigenvalue weighted by molar-refractivity contribution is 0.0791. The minimum Gasteiger partial charge on any atom is -0.380 e. The number of rotatable bonds is 5. The molecule has 2 aromatic rings. The Balaban J connectivity index is 1.76. The van der Waals surface area contributed by atoms with Crippen molar-refractivity contribution in [1.29, 1.82) is 0 Å². The number of amides is 1. The number of para-hydroxylation sites is 1. The maximum atomic E-state index is 12.9.